The van der Waals surface area contributed by atoms with Crippen LogP contribution in [0, 0.1) is 5.82 Å². The minimum absolute atomic E-state index is 0.00333. The van der Waals surface area contributed by atoms with Crippen molar-refractivity contribution in [3.63, 3.8) is 0 Å². The molecule has 0 saturated heterocycles. The van der Waals surface area contributed by atoms with Crippen molar-refractivity contribution in [3.05, 3.63) is 76.7 Å². The summed E-state index contributed by atoms with van der Waals surface area (Å²) < 4.78 is 93.8. The second-order valence-electron chi connectivity index (χ2n) is 8.59. The first-order valence-corrected chi connectivity index (χ1v) is 12.7. The molecular formula is C26H26F4N3O6S-. The number of benzene rings is 2. The summed E-state index contributed by atoms with van der Waals surface area (Å²) in [6.07, 6.45) is -4.75. The number of rotatable bonds is 12. The summed E-state index contributed by atoms with van der Waals surface area (Å²) in [5.74, 6) is -2.15. The number of ether oxygens (including phenoxy) is 3. The topological polar surface area (TPSA) is 127 Å². The van der Waals surface area contributed by atoms with E-state index in [1.807, 2.05) is 0 Å². The number of anilines is 1. The van der Waals surface area contributed by atoms with Gasteiger partial charge in [-0.2, -0.15) is 13.2 Å². The van der Waals surface area contributed by atoms with Gasteiger partial charge in [0.05, 0.1) is 25.8 Å². The summed E-state index contributed by atoms with van der Waals surface area (Å²) in [6, 6.07) is 10.4. The Morgan fingerprint density at radius 2 is 1.75 bits per heavy atom. The second kappa shape index (κ2) is 13.0. The highest BCUT2D eigenvalue weighted by molar-refractivity contribution is 7.80. The van der Waals surface area contributed by atoms with Gasteiger partial charge in [-0.1, -0.05) is 12.1 Å². The summed E-state index contributed by atoms with van der Waals surface area (Å²) in [6.45, 7) is -0.171. The van der Waals surface area contributed by atoms with Crippen LogP contribution in [0.4, 0.5) is 23.2 Å². The van der Waals surface area contributed by atoms with Crippen molar-refractivity contribution in [1.29, 1.82) is 0 Å². The third-order valence-corrected chi connectivity index (χ3v) is 6.64. The fourth-order valence-corrected chi connectivity index (χ4v) is 4.20. The number of aromatic nitrogens is 1. The minimum Gasteiger partial charge on any atom is -0.755 e. The molecule has 1 heterocycles. The Labute approximate surface area is 230 Å². The van der Waals surface area contributed by atoms with Gasteiger partial charge in [0.25, 0.3) is 0 Å². The lowest BCUT2D eigenvalue weighted by Crippen LogP contribution is -2.23. The normalized spacial score (nSPS) is 12.9. The number of alkyl halides is 3. The number of methoxy groups -OCH3 is 2. The minimum atomic E-state index is -4.73. The maximum absolute atomic E-state index is 14.6. The Kier molecular flexibility index (Phi) is 9.93. The number of aryl methyl sites for hydroxylation is 1. The number of amides is 1. The summed E-state index contributed by atoms with van der Waals surface area (Å²) in [4.78, 5) is 15.9. The quantitative estimate of drug-likeness (QED) is 0.249. The van der Waals surface area contributed by atoms with Gasteiger partial charge in [-0.05, 0) is 54.3 Å². The highest BCUT2D eigenvalue weighted by Gasteiger charge is 2.33. The molecule has 0 radical (unpaired) electrons. The molecule has 3 aromatic rings. The fourth-order valence-electron chi connectivity index (χ4n) is 3.89. The molecule has 1 aromatic heterocycles. The standard InChI is InChI=1S/C26H27F4N3O6S/c1-33(40(35)36)22-8-5-17(12-21(22)27)20(24(31)34)7-4-16-6-9-23(26(28,29)30)32-25(16)39-14-15-10-18(37-2)13-19(11-15)38-3/h5-6,8-13,20H,4,7,14H2,1-3H3,(H2,31,34)(H,35,36)/p-1. The largest absolute Gasteiger partial charge is 0.755 e. The molecule has 0 fully saturated rings. The van der Waals surface area contributed by atoms with Crippen molar-refractivity contribution in [2.24, 2.45) is 5.73 Å². The van der Waals surface area contributed by atoms with E-state index in [-0.39, 0.29) is 42.1 Å². The first-order chi connectivity index (χ1) is 18.8. The maximum Gasteiger partial charge on any atom is 0.433 e. The van der Waals surface area contributed by atoms with Gasteiger partial charge in [-0.3, -0.25) is 9.00 Å². The second-order valence-corrected chi connectivity index (χ2v) is 9.57. The van der Waals surface area contributed by atoms with Crippen LogP contribution in [0.1, 0.15) is 34.7 Å². The summed E-state index contributed by atoms with van der Waals surface area (Å²) >= 11 is -2.72. The molecule has 2 N–H and O–H groups in total. The van der Waals surface area contributed by atoms with Crippen LogP contribution >= 0.6 is 0 Å². The third-order valence-electron chi connectivity index (χ3n) is 6.00. The highest BCUT2D eigenvalue weighted by atomic mass is 32.2. The zero-order chi connectivity index (χ0) is 29.6. The lowest BCUT2D eigenvalue weighted by atomic mass is 9.91. The Morgan fingerprint density at radius 3 is 2.27 bits per heavy atom. The monoisotopic (exact) mass is 584 g/mol. The van der Waals surface area contributed by atoms with E-state index >= 15 is 0 Å². The van der Waals surface area contributed by atoms with Crippen LogP contribution in [0.25, 0.3) is 0 Å². The van der Waals surface area contributed by atoms with Crippen LogP contribution in [0.15, 0.2) is 48.5 Å². The predicted octanol–water partition coefficient (Wildman–Crippen LogP) is 4.27. The average Bonchev–Trinajstić information content (AvgIpc) is 2.91. The molecule has 0 aliphatic rings. The molecule has 40 heavy (non-hydrogen) atoms. The molecule has 216 valence electrons. The molecule has 3 rings (SSSR count). The van der Waals surface area contributed by atoms with Crippen LogP contribution < -0.4 is 24.2 Å². The van der Waals surface area contributed by atoms with Crippen LogP contribution in [0.2, 0.25) is 0 Å². The smallest absolute Gasteiger partial charge is 0.433 e. The number of carbonyl (C=O) groups excluding carboxylic acids is 1. The van der Waals surface area contributed by atoms with E-state index in [0.29, 0.717) is 21.4 Å². The van der Waals surface area contributed by atoms with Gasteiger partial charge in [0, 0.05) is 29.9 Å². The molecule has 1 amide bonds. The molecule has 2 atom stereocenters. The van der Waals surface area contributed by atoms with Gasteiger partial charge >= 0.3 is 6.18 Å². The van der Waals surface area contributed by atoms with E-state index < -0.39 is 40.8 Å². The number of pyridine rings is 1. The Bertz CT molecular complexity index is 1370. The van der Waals surface area contributed by atoms with E-state index in [4.69, 9.17) is 19.9 Å². The van der Waals surface area contributed by atoms with Crippen molar-refractivity contribution < 1.29 is 45.3 Å². The molecule has 9 nitrogen and oxygen atoms in total. The fraction of sp³-hybridized carbons (Fsp3) is 0.308. The van der Waals surface area contributed by atoms with Crippen LogP contribution in [0.5, 0.6) is 17.4 Å². The molecule has 0 aliphatic heterocycles. The van der Waals surface area contributed by atoms with E-state index in [2.05, 4.69) is 4.98 Å². The molecule has 0 aliphatic carbocycles. The number of nitrogens with two attached hydrogens (primary N) is 1. The number of hydrogen-bond donors (Lipinski definition) is 1. The Hall–Kier alpha value is -3.91. The third kappa shape index (κ3) is 7.60. The zero-order valence-electron chi connectivity index (χ0n) is 21.7. The number of carbonyl (C=O) groups is 1. The predicted molar refractivity (Wildman–Crippen MR) is 137 cm³/mol. The molecule has 2 unspecified atom stereocenters. The van der Waals surface area contributed by atoms with Gasteiger partial charge < -0.3 is 28.8 Å². The van der Waals surface area contributed by atoms with Gasteiger partial charge in [-0.15, -0.1) is 0 Å². The lowest BCUT2D eigenvalue weighted by Gasteiger charge is -2.23. The van der Waals surface area contributed by atoms with Gasteiger partial charge in [0.15, 0.2) is 0 Å². The summed E-state index contributed by atoms with van der Waals surface area (Å²) in [5.41, 5.74) is 5.11. The zero-order valence-corrected chi connectivity index (χ0v) is 22.5. The van der Waals surface area contributed by atoms with Crippen molar-refractivity contribution >= 4 is 22.9 Å². The van der Waals surface area contributed by atoms with Crippen LogP contribution in [-0.2, 0) is 35.3 Å². The maximum atomic E-state index is 14.6. The van der Waals surface area contributed by atoms with Crippen LogP contribution in [-0.4, -0.2) is 40.9 Å². The molecule has 0 bridgehead atoms. The van der Waals surface area contributed by atoms with Gasteiger partial charge in [-0.25, -0.2) is 9.37 Å². The first-order valence-electron chi connectivity index (χ1n) is 11.7. The highest BCUT2D eigenvalue weighted by Crippen LogP contribution is 2.33. The van der Waals surface area contributed by atoms with E-state index in [9.17, 15) is 31.1 Å². The van der Waals surface area contributed by atoms with Gasteiger partial charge in [0.1, 0.15) is 29.6 Å². The van der Waals surface area contributed by atoms with E-state index in [1.54, 1.807) is 18.2 Å². The molecule has 14 heteroatoms. The molecule has 0 spiro atoms. The first kappa shape index (κ1) is 30.6. The average molecular weight is 585 g/mol. The number of nitrogens with zero attached hydrogens (tertiary/aromatic N) is 2. The summed E-state index contributed by atoms with van der Waals surface area (Å²) in [5, 5.41) is 0. The Balaban J connectivity index is 1.88. The van der Waals surface area contributed by atoms with Crippen molar-refractivity contribution in [2.45, 2.75) is 31.5 Å². The van der Waals surface area contributed by atoms with E-state index in [0.717, 1.165) is 19.2 Å². The number of halogens is 4. The number of hydrogen-bond acceptors (Lipinski definition) is 7. The van der Waals surface area contributed by atoms with Crippen molar-refractivity contribution in [1.82, 2.24) is 4.98 Å². The molecule has 2 aromatic carbocycles. The van der Waals surface area contributed by atoms with Crippen LogP contribution in [0.3, 0.4) is 0 Å². The summed E-state index contributed by atoms with van der Waals surface area (Å²) in [7, 11) is 4.04. The lowest BCUT2D eigenvalue weighted by molar-refractivity contribution is -0.141. The van der Waals surface area contributed by atoms with Crippen molar-refractivity contribution in [3.8, 4) is 17.4 Å². The molecular weight excluding hydrogens is 558 g/mol. The SMILES string of the molecule is COc1cc(COc2nc(C(F)(F)F)ccc2CCC(C(N)=O)c2ccc(N(C)S(=O)[O-])c(F)c2)cc(OC)c1. The van der Waals surface area contributed by atoms with Crippen molar-refractivity contribution in [2.75, 3.05) is 25.6 Å². The number of primary amides is 1. The Morgan fingerprint density at radius 1 is 1.10 bits per heavy atom. The van der Waals surface area contributed by atoms with E-state index in [1.165, 1.54) is 32.4 Å². The van der Waals surface area contributed by atoms with Gasteiger partial charge in [0.2, 0.25) is 11.8 Å². The molecule has 0 saturated carbocycles.